The van der Waals surface area contributed by atoms with E-state index in [1.54, 1.807) is 0 Å². The Labute approximate surface area is 183 Å². The number of pyridine rings is 1. The summed E-state index contributed by atoms with van der Waals surface area (Å²) in [5.41, 5.74) is 6.08. The molecule has 0 aliphatic carbocycles. The van der Waals surface area contributed by atoms with Crippen LogP contribution < -0.4 is 4.90 Å². The SMILES string of the molecule is Cn1nc(C2CCN(c3ccc4c(c3)N=C(N3CCCCC3)C4)CC2)c2cccnc21. The van der Waals surface area contributed by atoms with E-state index in [-0.39, 0.29) is 0 Å². The Morgan fingerprint density at radius 2 is 1.77 bits per heavy atom. The van der Waals surface area contributed by atoms with Gasteiger partial charge in [-0.05, 0) is 61.9 Å². The first-order valence-electron chi connectivity index (χ1n) is 11.7. The van der Waals surface area contributed by atoms with E-state index < -0.39 is 0 Å². The van der Waals surface area contributed by atoms with Crippen LogP contribution in [0.1, 0.15) is 49.3 Å². The number of amidine groups is 1. The predicted molar refractivity (Wildman–Crippen MR) is 125 cm³/mol. The second-order valence-corrected chi connectivity index (χ2v) is 9.21. The zero-order valence-electron chi connectivity index (χ0n) is 18.3. The minimum absolute atomic E-state index is 0.502. The topological polar surface area (TPSA) is 49.6 Å². The van der Waals surface area contributed by atoms with Crippen molar-refractivity contribution in [3.8, 4) is 0 Å². The Hall–Kier alpha value is -2.89. The van der Waals surface area contributed by atoms with Gasteiger partial charge >= 0.3 is 0 Å². The Morgan fingerprint density at radius 3 is 2.61 bits per heavy atom. The zero-order chi connectivity index (χ0) is 20.8. The minimum Gasteiger partial charge on any atom is -0.371 e. The number of fused-ring (bicyclic) bond motifs is 2. The average molecular weight is 415 g/mol. The van der Waals surface area contributed by atoms with E-state index in [0.717, 1.165) is 38.0 Å². The molecular weight excluding hydrogens is 384 g/mol. The van der Waals surface area contributed by atoms with Crippen molar-refractivity contribution in [1.29, 1.82) is 0 Å². The fraction of sp³-hybridized carbons (Fsp3) is 0.480. The van der Waals surface area contributed by atoms with Crippen LogP contribution in [-0.2, 0) is 13.5 Å². The van der Waals surface area contributed by atoms with Gasteiger partial charge in [-0.2, -0.15) is 5.10 Å². The quantitative estimate of drug-likeness (QED) is 0.623. The van der Waals surface area contributed by atoms with E-state index in [0.29, 0.717) is 5.92 Å². The highest BCUT2D eigenvalue weighted by Crippen LogP contribution is 2.36. The van der Waals surface area contributed by atoms with Crippen LogP contribution in [0.3, 0.4) is 0 Å². The highest BCUT2D eigenvalue weighted by molar-refractivity contribution is 5.93. The molecule has 3 aliphatic rings. The number of likely N-dealkylation sites (tertiary alicyclic amines) is 1. The first-order valence-corrected chi connectivity index (χ1v) is 11.7. The minimum atomic E-state index is 0.502. The van der Waals surface area contributed by atoms with Gasteiger partial charge in [0, 0.05) is 62.8 Å². The third-order valence-electron chi connectivity index (χ3n) is 7.26. The van der Waals surface area contributed by atoms with E-state index in [2.05, 4.69) is 39.0 Å². The fourth-order valence-corrected chi connectivity index (χ4v) is 5.52. The lowest BCUT2D eigenvalue weighted by Crippen LogP contribution is -2.35. The summed E-state index contributed by atoms with van der Waals surface area (Å²) in [6, 6.07) is 11.1. The van der Waals surface area contributed by atoms with Gasteiger partial charge in [0.15, 0.2) is 5.65 Å². The molecule has 0 amide bonds. The van der Waals surface area contributed by atoms with Crippen molar-refractivity contribution in [2.75, 3.05) is 31.1 Å². The molecule has 2 aromatic heterocycles. The number of nitrogens with zero attached hydrogens (tertiary/aromatic N) is 6. The Bertz CT molecular complexity index is 1130. The summed E-state index contributed by atoms with van der Waals surface area (Å²) in [6.45, 7) is 4.46. The van der Waals surface area contributed by atoms with Crippen molar-refractivity contribution in [2.24, 2.45) is 12.0 Å². The molecule has 5 heterocycles. The molecule has 6 rings (SSSR count). The lowest BCUT2D eigenvalue weighted by atomic mass is 9.91. The van der Waals surface area contributed by atoms with Crippen LogP contribution in [0.4, 0.5) is 11.4 Å². The molecule has 2 saturated heterocycles. The largest absolute Gasteiger partial charge is 0.371 e. The van der Waals surface area contributed by atoms with Crippen molar-refractivity contribution in [3.63, 3.8) is 0 Å². The van der Waals surface area contributed by atoms with Crippen molar-refractivity contribution >= 4 is 28.2 Å². The standard InChI is InChI=1S/C25H30N6/c1-29-25-21(6-5-11-26-25)24(28-29)18-9-14-30(15-10-18)20-8-7-19-16-23(27-22(19)17-20)31-12-3-2-4-13-31/h5-8,11,17-18H,2-4,9-10,12-16H2,1H3. The van der Waals surface area contributed by atoms with Crippen LogP contribution in [0, 0.1) is 0 Å². The molecule has 31 heavy (non-hydrogen) atoms. The van der Waals surface area contributed by atoms with Gasteiger partial charge in [0.05, 0.1) is 11.4 Å². The molecule has 0 N–H and O–H groups in total. The molecule has 3 aromatic rings. The van der Waals surface area contributed by atoms with Crippen LogP contribution in [0.2, 0.25) is 0 Å². The normalized spacial score (nSPS) is 19.7. The van der Waals surface area contributed by atoms with Crippen molar-refractivity contribution < 1.29 is 0 Å². The van der Waals surface area contributed by atoms with Crippen molar-refractivity contribution in [1.82, 2.24) is 19.7 Å². The van der Waals surface area contributed by atoms with Gasteiger partial charge in [-0.1, -0.05) is 6.07 Å². The lowest BCUT2D eigenvalue weighted by Gasteiger charge is -2.33. The number of benzene rings is 1. The fourth-order valence-electron chi connectivity index (χ4n) is 5.52. The second kappa shape index (κ2) is 7.66. The summed E-state index contributed by atoms with van der Waals surface area (Å²) < 4.78 is 1.93. The number of hydrogen-bond donors (Lipinski definition) is 0. The van der Waals surface area contributed by atoms with Gasteiger partial charge in [0.2, 0.25) is 0 Å². The lowest BCUT2D eigenvalue weighted by molar-refractivity contribution is 0.339. The van der Waals surface area contributed by atoms with E-state index >= 15 is 0 Å². The molecule has 1 aromatic carbocycles. The third kappa shape index (κ3) is 3.38. The molecule has 2 fully saturated rings. The van der Waals surface area contributed by atoms with Gasteiger partial charge in [0.25, 0.3) is 0 Å². The van der Waals surface area contributed by atoms with Gasteiger partial charge in [-0.15, -0.1) is 0 Å². The van der Waals surface area contributed by atoms with E-state index in [1.807, 2.05) is 24.0 Å². The molecule has 0 spiro atoms. The van der Waals surface area contributed by atoms with Gasteiger partial charge in [0.1, 0.15) is 5.84 Å². The molecule has 0 atom stereocenters. The number of rotatable bonds is 2. The Kier molecular flexibility index (Phi) is 4.66. The number of aromatic nitrogens is 3. The molecule has 0 saturated carbocycles. The van der Waals surface area contributed by atoms with Crippen LogP contribution in [0.15, 0.2) is 41.5 Å². The molecule has 3 aliphatic heterocycles. The van der Waals surface area contributed by atoms with Gasteiger partial charge in [-0.3, -0.25) is 4.68 Å². The maximum absolute atomic E-state index is 5.03. The van der Waals surface area contributed by atoms with Crippen LogP contribution in [0.5, 0.6) is 0 Å². The highest BCUT2D eigenvalue weighted by Gasteiger charge is 2.27. The Balaban J connectivity index is 1.17. The maximum Gasteiger partial charge on any atom is 0.157 e. The molecule has 6 heteroatoms. The second-order valence-electron chi connectivity index (χ2n) is 9.21. The van der Waals surface area contributed by atoms with Crippen molar-refractivity contribution in [3.05, 3.63) is 47.8 Å². The summed E-state index contributed by atoms with van der Waals surface area (Å²) >= 11 is 0. The van der Waals surface area contributed by atoms with Crippen LogP contribution in [-0.4, -0.2) is 51.7 Å². The number of anilines is 1. The van der Waals surface area contributed by atoms with E-state index in [9.17, 15) is 0 Å². The Morgan fingerprint density at radius 1 is 0.935 bits per heavy atom. The summed E-state index contributed by atoms with van der Waals surface area (Å²) in [7, 11) is 2.00. The average Bonchev–Trinajstić information content (AvgIpc) is 3.41. The first-order chi connectivity index (χ1) is 15.3. The molecule has 0 radical (unpaired) electrons. The molecule has 6 nitrogen and oxygen atoms in total. The number of aliphatic imine (C=N–C) groups is 1. The molecule has 160 valence electrons. The molecule has 0 unspecified atom stereocenters. The maximum atomic E-state index is 5.03. The predicted octanol–water partition coefficient (Wildman–Crippen LogP) is 4.42. The van der Waals surface area contributed by atoms with Crippen molar-refractivity contribution in [2.45, 2.75) is 44.4 Å². The summed E-state index contributed by atoms with van der Waals surface area (Å²) in [5.74, 6) is 1.78. The smallest absolute Gasteiger partial charge is 0.157 e. The first kappa shape index (κ1) is 18.8. The van der Waals surface area contributed by atoms with E-state index in [1.165, 1.54) is 66.2 Å². The van der Waals surface area contributed by atoms with E-state index in [4.69, 9.17) is 10.1 Å². The van der Waals surface area contributed by atoms with Gasteiger partial charge in [-0.25, -0.2) is 9.98 Å². The highest BCUT2D eigenvalue weighted by atomic mass is 15.3. The number of hydrogen-bond acceptors (Lipinski definition) is 5. The summed E-state index contributed by atoms with van der Waals surface area (Å²) in [5, 5.41) is 6.03. The third-order valence-corrected chi connectivity index (χ3v) is 7.26. The number of piperidine rings is 2. The van der Waals surface area contributed by atoms with Crippen LogP contribution in [0.25, 0.3) is 11.0 Å². The summed E-state index contributed by atoms with van der Waals surface area (Å²) in [4.78, 5) is 14.6. The monoisotopic (exact) mass is 414 g/mol. The number of aryl methyl sites for hydroxylation is 1. The molecule has 0 bridgehead atoms. The summed E-state index contributed by atoms with van der Waals surface area (Å²) in [6.07, 6.45) is 9.07. The van der Waals surface area contributed by atoms with Gasteiger partial charge < -0.3 is 9.80 Å². The molecular formula is C25H30N6. The van der Waals surface area contributed by atoms with Crippen LogP contribution >= 0.6 is 0 Å². The zero-order valence-corrected chi connectivity index (χ0v) is 18.3.